The molecule has 1 aromatic heterocycles. The number of pyridine rings is 1. The third-order valence-corrected chi connectivity index (χ3v) is 5.40. The van der Waals surface area contributed by atoms with Crippen LogP contribution in [0.1, 0.15) is 16.8 Å². The van der Waals surface area contributed by atoms with E-state index in [2.05, 4.69) is 17.0 Å². The monoisotopic (exact) mass is 384 g/mol. The van der Waals surface area contributed by atoms with Gasteiger partial charge in [0, 0.05) is 30.0 Å². The third-order valence-electron chi connectivity index (χ3n) is 5.40. The average Bonchev–Trinajstić information content (AvgIpc) is 2.60. The van der Waals surface area contributed by atoms with Gasteiger partial charge < -0.3 is 15.1 Å². The van der Waals surface area contributed by atoms with Crippen LogP contribution in [-0.2, 0) is 18.4 Å². The van der Waals surface area contributed by atoms with E-state index in [9.17, 15) is 10.2 Å². The van der Waals surface area contributed by atoms with E-state index in [0.29, 0.717) is 6.42 Å². The normalized spacial score (nSPS) is 21.7. The molecule has 1 heterocycles. The molecule has 0 saturated heterocycles. The standard InChI is InChI=1S/C22H24N2O2.ClH/c1-24(2)14-18-11-16-10-15-6-3-4-9-20(15)23-21(16)13-22(18,26)17-7-5-8-19(25)12-17;/h3-10,12,18,25-26H,11,13-14H2,1-2H3;1H. The second-order valence-corrected chi connectivity index (χ2v) is 7.60. The summed E-state index contributed by atoms with van der Waals surface area (Å²) in [4.78, 5) is 6.95. The molecule has 4 nitrogen and oxygen atoms in total. The van der Waals surface area contributed by atoms with Gasteiger partial charge in [0.05, 0.1) is 11.1 Å². The fraction of sp³-hybridized carbons (Fsp3) is 0.318. The van der Waals surface area contributed by atoms with Gasteiger partial charge in [-0.2, -0.15) is 0 Å². The van der Waals surface area contributed by atoms with Crippen LogP contribution < -0.4 is 0 Å². The Hall–Kier alpha value is -2.14. The van der Waals surface area contributed by atoms with Gasteiger partial charge in [-0.25, -0.2) is 0 Å². The van der Waals surface area contributed by atoms with Crippen molar-refractivity contribution in [1.29, 1.82) is 0 Å². The van der Waals surface area contributed by atoms with Crippen molar-refractivity contribution in [3.05, 3.63) is 71.4 Å². The number of phenols is 1. The maximum Gasteiger partial charge on any atom is 0.115 e. The molecular weight excluding hydrogens is 360 g/mol. The van der Waals surface area contributed by atoms with Gasteiger partial charge in [0.15, 0.2) is 0 Å². The molecule has 1 aliphatic rings. The first-order valence-corrected chi connectivity index (χ1v) is 9.00. The summed E-state index contributed by atoms with van der Waals surface area (Å²) in [5, 5.41) is 22.8. The molecular formula is C22H25ClN2O2. The minimum absolute atomic E-state index is 0. The number of aliphatic hydroxyl groups is 1. The molecule has 0 amide bonds. The van der Waals surface area contributed by atoms with Crippen molar-refractivity contribution in [3.63, 3.8) is 0 Å². The van der Waals surface area contributed by atoms with Gasteiger partial charge >= 0.3 is 0 Å². The SMILES string of the molecule is CN(C)CC1Cc2cc3ccccc3nc2CC1(O)c1cccc(O)c1.Cl. The molecule has 27 heavy (non-hydrogen) atoms. The second kappa shape index (κ2) is 7.47. The first-order chi connectivity index (χ1) is 12.5. The van der Waals surface area contributed by atoms with Crippen molar-refractivity contribution in [2.24, 2.45) is 5.92 Å². The highest BCUT2D eigenvalue weighted by atomic mass is 35.5. The number of aromatic hydroxyl groups is 1. The summed E-state index contributed by atoms with van der Waals surface area (Å²) in [6, 6.07) is 17.3. The minimum Gasteiger partial charge on any atom is -0.508 e. The first kappa shape index (κ1) is 19.6. The van der Waals surface area contributed by atoms with Crippen molar-refractivity contribution in [3.8, 4) is 5.75 Å². The lowest BCUT2D eigenvalue weighted by Crippen LogP contribution is -2.46. The van der Waals surface area contributed by atoms with E-state index in [1.165, 1.54) is 5.56 Å². The Bertz CT molecular complexity index is 960. The predicted octanol–water partition coefficient (Wildman–Crippen LogP) is 3.53. The molecule has 0 fully saturated rings. The van der Waals surface area contributed by atoms with E-state index in [1.54, 1.807) is 18.2 Å². The summed E-state index contributed by atoms with van der Waals surface area (Å²) < 4.78 is 0. The highest BCUT2D eigenvalue weighted by molar-refractivity contribution is 5.85. The fourth-order valence-electron chi connectivity index (χ4n) is 4.13. The molecule has 3 aromatic rings. The van der Waals surface area contributed by atoms with Crippen molar-refractivity contribution in [2.75, 3.05) is 20.6 Å². The summed E-state index contributed by atoms with van der Waals surface area (Å²) in [7, 11) is 4.05. The largest absolute Gasteiger partial charge is 0.508 e. The molecule has 2 aromatic carbocycles. The molecule has 5 heteroatoms. The number of halogens is 1. The number of aromatic nitrogens is 1. The first-order valence-electron chi connectivity index (χ1n) is 9.00. The fourth-order valence-corrected chi connectivity index (χ4v) is 4.13. The van der Waals surface area contributed by atoms with Crippen LogP contribution in [0.5, 0.6) is 5.75 Å². The molecule has 2 unspecified atom stereocenters. The zero-order valence-corrected chi connectivity index (χ0v) is 16.4. The Morgan fingerprint density at radius 2 is 1.89 bits per heavy atom. The zero-order chi connectivity index (χ0) is 18.3. The summed E-state index contributed by atoms with van der Waals surface area (Å²) in [6.45, 7) is 0.762. The molecule has 0 saturated carbocycles. The summed E-state index contributed by atoms with van der Waals surface area (Å²) in [6.07, 6.45) is 1.21. The van der Waals surface area contributed by atoms with Crippen LogP contribution in [0.3, 0.4) is 0 Å². The van der Waals surface area contributed by atoms with Crippen LogP contribution in [0.4, 0.5) is 0 Å². The van der Waals surface area contributed by atoms with E-state index in [1.807, 2.05) is 38.4 Å². The molecule has 142 valence electrons. The number of nitrogens with zero attached hydrogens (tertiary/aromatic N) is 2. The van der Waals surface area contributed by atoms with Crippen LogP contribution in [-0.4, -0.2) is 40.7 Å². The molecule has 0 aliphatic heterocycles. The number of fused-ring (bicyclic) bond motifs is 2. The van der Waals surface area contributed by atoms with Crippen LogP contribution >= 0.6 is 12.4 Å². The highest BCUT2D eigenvalue weighted by Crippen LogP contribution is 2.42. The van der Waals surface area contributed by atoms with Gasteiger partial charge in [-0.15, -0.1) is 12.4 Å². The Morgan fingerprint density at radius 3 is 2.63 bits per heavy atom. The smallest absolute Gasteiger partial charge is 0.115 e. The number of phenolic OH excluding ortho intramolecular Hbond substituents is 1. The van der Waals surface area contributed by atoms with Crippen LogP contribution in [0.15, 0.2) is 54.6 Å². The van der Waals surface area contributed by atoms with E-state index >= 15 is 0 Å². The number of benzene rings is 2. The lowest BCUT2D eigenvalue weighted by Gasteiger charge is -2.42. The van der Waals surface area contributed by atoms with Crippen LogP contribution in [0.25, 0.3) is 10.9 Å². The molecule has 4 rings (SSSR count). The minimum atomic E-state index is -1.05. The van der Waals surface area contributed by atoms with Gasteiger partial charge in [-0.3, -0.25) is 4.98 Å². The van der Waals surface area contributed by atoms with Crippen molar-refractivity contribution in [2.45, 2.75) is 18.4 Å². The van der Waals surface area contributed by atoms with Crippen molar-refractivity contribution in [1.82, 2.24) is 9.88 Å². The molecule has 0 bridgehead atoms. The Balaban J connectivity index is 0.00000210. The second-order valence-electron chi connectivity index (χ2n) is 7.60. The van der Waals surface area contributed by atoms with Crippen molar-refractivity contribution < 1.29 is 10.2 Å². The number of hydrogen-bond acceptors (Lipinski definition) is 4. The Kier molecular flexibility index (Phi) is 5.43. The Morgan fingerprint density at radius 1 is 1.11 bits per heavy atom. The molecule has 1 aliphatic carbocycles. The maximum absolute atomic E-state index is 11.7. The summed E-state index contributed by atoms with van der Waals surface area (Å²) >= 11 is 0. The predicted molar refractivity (Wildman–Crippen MR) is 110 cm³/mol. The van der Waals surface area contributed by atoms with Gasteiger partial charge in [-0.05, 0) is 55.9 Å². The molecule has 2 atom stereocenters. The van der Waals surface area contributed by atoms with Gasteiger partial charge in [0.1, 0.15) is 5.75 Å². The number of para-hydroxylation sites is 1. The van der Waals surface area contributed by atoms with E-state index in [0.717, 1.165) is 35.1 Å². The summed E-state index contributed by atoms with van der Waals surface area (Å²) in [5.41, 5.74) is 2.82. The topological polar surface area (TPSA) is 56.6 Å². The molecule has 0 radical (unpaired) electrons. The van der Waals surface area contributed by atoms with Gasteiger partial charge in [0.25, 0.3) is 0 Å². The van der Waals surface area contributed by atoms with Crippen LogP contribution in [0, 0.1) is 5.92 Å². The van der Waals surface area contributed by atoms with Crippen molar-refractivity contribution >= 4 is 23.3 Å². The average molecular weight is 385 g/mol. The number of rotatable bonds is 3. The highest BCUT2D eigenvalue weighted by Gasteiger charge is 2.43. The molecule has 2 N–H and O–H groups in total. The van der Waals surface area contributed by atoms with E-state index in [4.69, 9.17) is 4.98 Å². The van der Waals surface area contributed by atoms with Crippen LogP contribution in [0.2, 0.25) is 0 Å². The zero-order valence-electron chi connectivity index (χ0n) is 15.6. The van der Waals surface area contributed by atoms with E-state index < -0.39 is 5.60 Å². The summed E-state index contributed by atoms with van der Waals surface area (Å²) in [5.74, 6) is 0.201. The maximum atomic E-state index is 11.7. The van der Waals surface area contributed by atoms with E-state index in [-0.39, 0.29) is 24.1 Å². The lowest BCUT2D eigenvalue weighted by molar-refractivity contribution is -0.0404. The Labute approximate surface area is 165 Å². The number of hydrogen-bond donors (Lipinski definition) is 2. The third kappa shape index (κ3) is 3.65. The van der Waals surface area contributed by atoms with Gasteiger partial charge in [-0.1, -0.05) is 30.3 Å². The molecule has 0 spiro atoms. The van der Waals surface area contributed by atoms with Gasteiger partial charge in [0.2, 0.25) is 0 Å². The quantitative estimate of drug-likeness (QED) is 0.725. The lowest BCUT2D eigenvalue weighted by atomic mass is 9.70.